The van der Waals surface area contributed by atoms with Gasteiger partial charge in [0.15, 0.2) is 5.82 Å². The Balaban J connectivity index is 1.83. The van der Waals surface area contributed by atoms with E-state index < -0.39 is 0 Å². The van der Waals surface area contributed by atoms with E-state index in [-0.39, 0.29) is 11.7 Å². The molecule has 98 valence electrons. The first-order valence-corrected chi connectivity index (χ1v) is 6.55. The molecule has 5 nitrogen and oxygen atoms in total. The van der Waals surface area contributed by atoms with Crippen molar-refractivity contribution in [3.63, 3.8) is 0 Å². The molecule has 0 radical (unpaired) electrons. The van der Waals surface area contributed by atoms with Crippen LogP contribution in [0.4, 0.5) is 4.39 Å². The van der Waals surface area contributed by atoms with Crippen LogP contribution in [-0.4, -0.2) is 32.1 Å². The molecule has 0 N–H and O–H groups in total. The minimum absolute atomic E-state index is 0.130. The summed E-state index contributed by atoms with van der Waals surface area (Å²) in [6, 6.07) is 4.27. The topological polar surface area (TPSA) is 51.0 Å². The number of benzene rings is 1. The van der Waals surface area contributed by atoms with Crippen LogP contribution >= 0.6 is 15.9 Å². The maximum atomic E-state index is 13.2. The van der Waals surface area contributed by atoms with Gasteiger partial charge < -0.3 is 9.47 Å². The van der Waals surface area contributed by atoms with Gasteiger partial charge in [-0.2, -0.15) is 0 Å². The minimum atomic E-state index is -0.380. The number of aromatic nitrogens is 3. The normalized spacial score (nSPS) is 14.3. The summed E-state index contributed by atoms with van der Waals surface area (Å²) in [5.74, 6) is 0.255. The number of rotatable bonds is 1. The first-order valence-electron chi connectivity index (χ1n) is 5.76. The van der Waals surface area contributed by atoms with Crippen LogP contribution in [0.5, 0.6) is 0 Å². The number of carbonyl (C=O) groups excluding carboxylic acids is 1. The number of hydrogen-bond acceptors (Lipinski definition) is 3. The van der Waals surface area contributed by atoms with E-state index >= 15 is 0 Å². The molecule has 0 fully saturated rings. The third-order valence-electron chi connectivity index (χ3n) is 3.09. The van der Waals surface area contributed by atoms with Crippen molar-refractivity contribution in [3.8, 4) is 0 Å². The summed E-state index contributed by atoms with van der Waals surface area (Å²) in [4.78, 5) is 14.0. The lowest BCUT2D eigenvalue weighted by atomic mass is 10.2. The summed E-state index contributed by atoms with van der Waals surface area (Å²) in [6.07, 6.45) is 1.66. The van der Waals surface area contributed by atoms with Crippen LogP contribution in [-0.2, 0) is 13.1 Å². The zero-order chi connectivity index (χ0) is 13.4. The van der Waals surface area contributed by atoms with Crippen LogP contribution in [0.2, 0.25) is 0 Å². The highest BCUT2D eigenvalue weighted by Gasteiger charge is 2.23. The highest BCUT2D eigenvalue weighted by atomic mass is 79.9. The van der Waals surface area contributed by atoms with Crippen molar-refractivity contribution in [1.29, 1.82) is 0 Å². The maximum Gasteiger partial charge on any atom is 0.254 e. The summed E-state index contributed by atoms with van der Waals surface area (Å²) in [5, 5.41) is 7.78. The summed E-state index contributed by atoms with van der Waals surface area (Å²) in [6.45, 7) is 1.70. The van der Waals surface area contributed by atoms with Gasteiger partial charge in [-0.05, 0) is 34.1 Å². The average Bonchev–Trinajstić information content (AvgIpc) is 2.88. The molecule has 2 heterocycles. The molecule has 7 heteroatoms. The fraction of sp³-hybridized carbons (Fsp3) is 0.250. The lowest BCUT2D eigenvalue weighted by Gasteiger charge is -2.27. The van der Waals surface area contributed by atoms with Crippen molar-refractivity contribution in [1.82, 2.24) is 19.7 Å². The molecule has 0 saturated heterocycles. The second kappa shape index (κ2) is 4.73. The van der Waals surface area contributed by atoms with Crippen molar-refractivity contribution in [2.75, 3.05) is 6.54 Å². The second-order valence-corrected chi connectivity index (χ2v) is 5.15. The molecule has 1 aliphatic rings. The molecule has 0 saturated carbocycles. The smallest absolute Gasteiger partial charge is 0.254 e. The standard InChI is InChI=1S/C12H10BrFN4O/c13-9-5-8(1-2-10(9)14)12(19)17-3-4-18-7-15-16-11(18)6-17/h1-2,5,7H,3-4,6H2. The Kier molecular flexibility index (Phi) is 3.06. The first-order chi connectivity index (χ1) is 9.15. The van der Waals surface area contributed by atoms with Crippen LogP contribution in [0.1, 0.15) is 16.2 Å². The fourth-order valence-electron chi connectivity index (χ4n) is 2.05. The van der Waals surface area contributed by atoms with Gasteiger partial charge in [0, 0.05) is 18.7 Å². The Morgan fingerprint density at radius 1 is 1.37 bits per heavy atom. The Labute approximate surface area is 117 Å². The zero-order valence-electron chi connectivity index (χ0n) is 9.88. The third kappa shape index (κ3) is 2.25. The van der Waals surface area contributed by atoms with Gasteiger partial charge in [-0.3, -0.25) is 4.79 Å². The van der Waals surface area contributed by atoms with E-state index in [2.05, 4.69) is 26.1 Å². The Morgan fingerprint density at radius 3 is 3.00 bits per heavy atom. The van der Waals surface area contributed by atoms with Gasteiger partial charge in [-0.15, -0.1) is 10.2 Å². The molecule has 1 aromatic heterocycles. The Bertz CT molecular complexity index is 642. The maximum absolute atomic E-state index is 13.2. The van der Waals surface area contributed by atoms with Crippen LogP contribution < -0.4 is 0 Å². The zero-order valence-corrected chi connectivity index (χ0v) is 11.5. The van der Waals surface area contributed by atoms with Crippen molar-refractivity contribution in [2.24, 2.45) is 0 Å². The molecule has 0 spiro atoms. The number of fused-ring (bicyclic) bond motifs is 1. The van der Waals surface area contributed by atoms with E-state index in [1.165, 1.54) is 18.2 Å². The van der Waals surface area contributed by atoms with E-state index in [1.54, 1.807) is 11.2 Å². The molecule has 3 rings (SSSR count). The predicted molar refractivity (Wildman–Crippen MR) is 68.9 cm³/mol. The lowest BCUT2D eigenvalue weighted by Crippen LogP contribution is -2.38. The predicted octanol–water partition coefficient (Wildman–Crippen LogP) is 1.84. The van der Waals surface area contributed by atoms with E-state index in [9.17, 15) is 9.18 Å². The van der Waals surface area contributed by atoms with Gasteiger partial charge in [0.05, 0.1) is 11.0 Å². The highest BCUT2D eigenvalue weighted by Crippen LogP contribution is 2.19. The van der Waals surface area contributed by atoms with E-state index in [0.29, 0.717) is 29.7 Å². The summed E-state index contributed by atoms with van der Waals surface area (Å²) in [5.41, 5.74) is 0.459. The molecule has 1 aromatic carbocycles. The molecule has 1 amide bonds. The molecule has 1 aliphatic heterocycles. The number of amides is 1. The monoisotopic (exact) mass is 324 g/mol. The van der Waals surface area contributed by atoms with Gasteiger partial charge in [0.1, 0.15) is 12.1 Å². The first kappa shape index (κ1) is 12.3. The molecular formula is C12H10BrFN4O. The van der Waals surface area contributed by atoms with Crippen molar-refractivity contribution >= 4 is 21.8 Å². The van der Waals surface area contributed by atoms with E-state index in [4.69, 9.17) is 0 Å². The van der Waals surface area contributed by atoms with Gasteiger partial charge >= 0.3 is 0 Å². The van der Waals surface area contributed by atoms with E-state index in [0.717, 1.165) is 5.82 Å². The van der Waals surface area contributed by atoms with Crippen molar-refractivity contribution in [2.45, 2.75) is 13.1 Å². The average molecular weight is 325 g/mol. The molecule has 0 unspecified atom stereocenters. The number of hydrogen-bond donors (Lipinski definition) is 0. The van der Waals surface area contributed by atoms with E-state index in [1.807, 2.05) is 4.57 Å². The minimum Gasteiger partial charge on any atom is -0.329 e. The molecule has 0 bridgehead atoms. The quantitative estimate of drug-likeness (QED) is 0.804. The number of nitrogens with zero attached hydrogens (tertiary/aromatic N) is 4. The molecular weight excluding hydrogens is 315 g/mol. The van der Waals surface area contributed by atoms with Gasteiger partial charge in [0.2, 0.25) is 0 Å². The molecule has 0 aliphatic carbocycles. The fourth-order valence-corrected chi connectivity index (χ4v) is 2.43. The summed E-state index contributed by atoms with van der Waals surface area (Å²) < 4.78 is 15.4. The molecule has 19 heavy (non-hydrogen) atoms. The van der Waals surface area contributed by atoms with Gasteiger partial charge in [-0.1, -0.05) is 0 Å². The Morgan fingerprint density at radius 2 is 2.21 bits per heavy atom. The van der Waals surface area contributed by atoms with Gasteiger partial charge in [0.25, 0.3) is 5.91 Å². The SMILES string of the molecule is O=C(c1ccc(F)c(Br)c1)N1CCn2cnnc2C1. The number of carbonyl (C=O) groups is 1. The summed E-state index contributed by atoms with van der Waals surface area (Å²) >= 11 is 3.09. The lowest BCUT2D eigenvalue weighted by molar-refractivity contribution is 0.0707. The molecule has 2 aromatic rings. The summed E-state index contributed by atoms with van der Waals surface area (Å²) in [7, 11) is 0. The number of halogens is 2. The second-order valence-electron chi connectivity index (χ2n) is 4.30. The van der Waals surface area contributed by atoms with Crippen LogP contribution in [0, 0.1) is 5.82 Å². The third-order valence-corrected chi connectivity index (χ3v) is 3.70. The molecule has 0 atom stereocenters. The van der Waals surface area contributed by atoms with Gasteiger partial charge in [-0.25, -0.2) is 4.39 Å². The highest BCUT2D eigenvalue weighted by molar-refractivity contribution is 9.10. The van der Waals surface area contributed by atoms with Crippen LogP contribution in [0.3, 0.4) is 0 Å². The van der Waals surface area contributed by atoms with Crippen LogP contribution in [0.25, 0.3) is 0 Å². The van der Waals surface area contributed by atoms with Crippen LogP contribution in [0.15, 0.2) is 29.0 Å². The largest absolute Gasteiger partial charge is 0.329 e. The van der Waals surface area contributed by atoms with Crippen molar-refractivity contribution in [3.05, 3.63) is 46.2 Å². The van der Waals surface area contributed by atoms with Crippen molar-refractivity contribution < 1.29 is 9.18 Å². The Hall–Kier alpha value is -1.76.